The van der Waals surface area contributed by atoms with E-state index in [-0.39, 0.29) is 0 Å². The summed E-state index contributed by atoms with van der Waals surface area (Å²) in [5.41, 5.74) is 1.55. The summed E-state index contributed by atoms with van der Waals surface area (Å²) >= 11 is 0. The summed E-state index contributed by atoms with van der Waals surface area (Å²) in [7, 11) is 0. The molecular formula is C18H16O5. The van der Waals surface area contributed by atoms with Gasteiger partial charge in [0.2, 0.25) is 0 Å². The molecule has 0 aliphatic carbocycles. The first kappa shape index (κ1) is 16.4. The van der Waals surface area contributed by atoms with Gasteiger partial charge in [-0.1, -0.05) is 60.7 Å². The molecule has 118 valence electrons. The molecule has 0 saturated heterocycles. The molecule has 23 heavy (non-hydrogen) atoms. The van der Waals surface area contributed by atoms with Crippen molar-refractivity contribution in [2.45, 2.75) is 18.9 Å². The maximum atomic E-state index is 12.0. The van der Waals surface area contributed by atoms with Gasteiger partial charge in [-0.05, 0) is 11.1 Å². The standard InChI is InChI=1S/C18H16O5/c19-15(11-16(20)21)12-17(22)23-18(13-7-3-1-4-8-13)14-9-5-2-6-10-14/h1-10,18H,11-12H2,(H,20,21). The lowest BCUT2D eigenvalue weighted by atomic mass is 10.0. The third-order valence-electron chi connectivity index (χ3n) is 3.14. The number of rotatable bonds is 7. The Hall–Kier alpha value is -2.95. The Bertz CT molecular complexity index is 640. The predicted octanol–water partition coefficient (Wildman–Crippen LogP) is 2.75. The van der Waals surface area contributed by atoms with Crippen molar-refractivity contribution >= 4 is 17.7 Å². The van der Waals surface area contributed by atoms with E-state index in [0.717, 1.165) is 11.1 Å². The van der Waals surface area contributed by atoms with Gasteiger partial charge in [0.1, 0.15) is 12.8 Å². The fourth-order valence-corrected chi connectivity index (χ4v) is 2.15. The van der Waals surface area contributed by atoms with Crippen LogP contribution < -0.4 is 0 Å². The van der Waals surface area contributed by atoms with Gasteiger partial charge in [-0.2, -0.15) is 0 Å². The van der Waals surface area contributed by atoms with E-state index >= 15 is 0 Å². The second-order valence-corrected chi connectivity index (χ2v) is 4.98. The van der Waals surface area contributed by atoms with Gasteiger partial charge in [0.25, 0.3) is 0 Å². The Labute approximate surface area is 133 Å². The number of carbonyl (C=O) groups excluding carboxylic acids is 2. The minimum atomic E-state index is -1.26. The SMILES string of the molecule is O=C(O)CC(=O)CC(=O)OC(c1ccccc1)c1ccccc1. The molecule has 0 aliphatic rings. The van der Waals surface area contributed by atoms with E-state index < -0.39 is 36.7 Å². The zero-order chi connectivity index (χ0) is 16.7. The number of ketones is 1. The molecule has 2 aromatic rings. The van der Waals surface area contributed by atoms with Crippen LogP contribution in [0.25, 0.3) is 0 Å². The highest BCUT2D eigenvalue weighted by molar-refractivity contribution is 6.03. The number of aliphatic carboxylic acids is 1. The molecule has 0 fully saturated rings. The summed E-state index contributed by atoms with van der Waals surface area (Å²) in [6.45, 7) is 0. The van der Waals surface area contributed by atoms with E-state index in [1.54, 1.807) is 0 Å². The number of ether oxygens (including phenoxy) is 1. The molecular weight excluding hydrogens is 296 g/mol. The molecule has 2 aromatic carbocycles. The van der Waals surface area contributed by atoms with Crippen LogP contribution in [0.15, 0.2) is 60.7 Å². The first-order valence-electron chi connectivity index (χ1n) is 7.09. The van der Waals surface area contributed by atoms with Crippen molar-refractivity contribution in [2.75, 3.05) is 0 Å². The second-order valence-electron chi connectivity index (χ2n) is 4.98. The topological polar surface area (TPSA) is 80.7 Å². The number of hydrogen-bond acceptors (Lipinski definition) is 4. The highest BCUT2D eigenvalue weighted by atomic mass is 16.5. The van der Waals surface area contributed by atoms with Gasteiger partial charge in [0.05, 0.1) is 0 Å². The molecule has 0 amide bonds. The molecule has 0 atom stereocenters. The smallest absolute Gasteiger partial charge is 0.314 e. The lowest BCUT2D eigenvalue weighted by Gasteiger charge is -2.18. The van der Waals surface area contributed by atoms with Crippen molar-refractivity contribution in [2.24, 2.45) is 0 Å². The van der Waals surface area contributed by atoms with Gasteiger partial charge >= 0.3 is 11.9 Å². The Morgan fingerprint density at radius 2 is 1.30 bits per heavy atom. The minimum absolute atomic E-state index is 0.553. The number of esters is 1. The van der Waals surface area contributed by atoms with Crippen molar-refractivity contribution in [1.29, 1.82) is 0 Å². The summed E-state index contributed by atoms with van der Waals surface area (Å²) in [4.78, 5) is 33.9. The largest absolute Gasteiger partial charge is 0.481 e. The average Bonchev–Trinajstić information content (AvgIpc) is 2.53. The molecule has 5 heteroatoms. The van der Waals surface area contributed by atoms with Crippen molar-refractivity contribution in [1.82, 2.24) is 0 Å². The lowest BCUT2D eigenvalue weighted by Crippen LogP contribution is -2.17. The van der Waals surface area contributed by atoms with Crippen LogP contribution in [0.3, 0.4) is 0 Å². The van der Waals surface area contributed by atoms with E-state index in [4.69, 9.17) is 9.84 Å². The predicted molar refractivity (Wildman–Crippen MR) is 82.7 cm³/mol. The number of carboxylic acids is 1. The van der Waals surface area contributed by atoms with Crippen molar-refractivity contribution in [3.8, 4) is 0 Å². The molecule has 0 radical (unpaired) electrons. The van der Waals surface area contributed by atoms with Crippen LogP contribution in [-0.2, 0) is 19.1 Å². The van der Waals surface area contributed by atoms with Gasteiger partial charge in [-0.25, -0.2) is 0 Å². The van der Waals surface area contributed by atoms with Crippen LogP contribution in [0.1, 0.15) is 30.1 Å². The third-order valence-corrected chi connectivity index (χ3v) is 3.14. The van der Waals surface area contributed by atoms with Crippen LogP contribution >= 0.6 is 0 Å². The second kappa shape index (κ2) is 7.89. The first-order valence-corrected chi connectivity index (χ1v) is 7.09. The van der Waals surface area contributed by atoms with E-state index in [1.807, 2.05) is 60.7 Å². The molecule has 0 aromatic heterocycles. The van der Waals surface area contributed by atoms with Crippen molar-refractivity contribution in [3.05, 3.63) is 71.8 Å². The van der Waals surface area contributed by atoms with Gasteiger partial charge in [0, 0.05) is 0 Å². The fourth-order valence-electron chi connectivity index (χ4n) is 2.15. The van der Waals surface area contributed by atoms with Crippen LogP contribution in [0.5, 0.6) is 0 Å². The molecule has 0 aliphatic heterocycles. The first-order chi connectivity index (χ1) is 11.1. The molecule has 0 spiro atoms. The maximum Gasteiger partial charge on any atom is 0.314 e. The molecule has 0 unspecified atom stereocenters. The van der Waals surface area contributed by atoms with E-state index in [0.29, 0.717) is 0 Å². The highest BCUT2D eigenvalue weighted by Crippen LogP contribution is 2.26. The summed E-state index contributed by atoms with van der Waals surface area (Å²) in [6.07, 6.45) is -1.87. The Morgan fingerprint density at radius 1 is 0.826 bits per heavy atom. The maximum absolute atomic E-state index is 12.0. The minimum Gasteiger partial charge on any atom is -0.481 e. The monoisotopic (exact) mass is 312 g/mol. The van der Waals surface area contributed by atoms with Crippen LogP contribution in [0, 0.1) is 0 Å². The summed E-state index contributed by atoms with van der Waals surface area (Å²) in [5.74, 6) is -2.68. The van der Waals surface area contributed by atoms with Crippen molar-refractivity contribution < 1.29 is 24.2 Å². The molecule has 1 N–H and O–H groups in total. The van der Waals surface area contributed by atoms with E-state index in [1.165, 1.54) is 0 Å². The van der Waals surface area contributed by atoms with Gasteiger partial charge < -0.3 is 9.84 Å². The Balaban J connectivity index is 2.14. The molecule has 2 rings (SSSR count). The van der Waals surface area contributed by atoms with E-state index in [9.17, 15) is 14.4 Å². The van der Waals surface area contributed by atoms with Gasteiger partial charge in [-0.3, -0.25) is 14.4 Å². The number of benzene rings is 2. The number of carbonyl (C=O) groups is 3. The number of Topliss-reactive ketones (excluding diaryl/α,β-unsaturated/α-hetero) is 1. The molecule has 5 nitrogen and oxygen atoms in total. The van der Waals surface area contributed by atoms with Crippen molar-refractivity contribution in [3.63, 3.8) is 0 Å². The summed E-state index contributed by atoms with van der Waals surface area (Å²) in [5, 5.41) is 8.56. The zero-order valence-electron chi connectivity index (χ0n) is 12.3. The number of carboxylic acid groups (broad SMARTS) is 1. The van der Waals surface area contributed by atoms with Crippen LogP contribution in [-0.4, -0.2) is 22.8 Å². The lowest BCUT2D eigenvalue weighted by molar-refractivity contribution is -0.150. The third kappa shape index (κ3) is 5.07. The molecule has 0 bridgehead atoms. The highest BCUT2D eigenvalue weighted by Gasteiger charge is 2.21. The van der Waals surface area contributed by atoms with Crippen LogP contribution in [0.2, 0.25) is 0 Å². The molecule has 0 heterocycles. The normalized spacial score (nSPS) is 10.3. The fraction of sp³-hybridized carbons (Fsp3) is 0.167. The quantitative estimate of drug-likeness (QED) is 0.628. The summed E-state index contributed by atoms with van der Waals surface area (Å²) < 4.78 is 5.42. The number of hydrogen-bond donors (Lipinski definition) is 1. The molecule has 0 saturated carbocycles. The zero-order valence-corrected chi connectivity index (χ0v) is 12.3. The van der Waals surface area contributed by atoms with Gasteiger partial charge in [0.15, 0.2) is 11.9 Å². The van der Waals surface area contributed by atoms with Crippen LogP contribution in [0.4, 0.5) is 0 Å². The Kier molecular flexibility index (Phi) is 5.63. The van der Waals surface area contributed by atoms with E-state index in [2.05, 4.69) is 0 Å². The summed E-state index contributed by atoms with van der Waals surface area (Å²) in [6, 6.07) is 18.3. The average molecular weight is 312 g/mol. The Morgan fingerprint density at radius 3 is 1.74 bits per heavy atom. The van der Waals surface area contributed by atoms with Gasteiger partial charge in [-0.15, -0.1) is 0 Å².